The van der Waals surface area contributed by atoms with Crippen molar-refractivity contribution in [3.8, 4) is 11.5 Å². The molecule has 0 radical (unpaired) electrons. The first kappa shape index (κ1) is 16.6. The lowest BCUT2D eigenvalue weighted by Gasteiger charge is -2.21. The molecule has 130 valence electrons. The molecule has 4 rings (SSSR count). The van der Waals surface area contributed by atoms with Gasteiger partial charge in [0, 0.05) is 24.1 Å². The van der Waals surface area contributed by atoms with Crippen molar-refractivity contribution in [2.24, 2.45) is 0 Å². The molecule has 0 spiro atoms. The van der Waals surface area contributed by atoms with E-state index in [9.17, 15) is 4.79 Å². The molecule has 1 atom stereocenters. The van der Waals surface area contributed by atoms with Gasteiger partial charge in [0.05, 0.1) is 10.6 Å². The van der Waals surface area contributed by atoms with E-state index in [1.165, 1.54) is 5.56 Å². The van der Waals surface area contributed by atoms with Gasteiger partial charge in [-0.15, -0.1) is 0 Å². The summed E-state index contributed by atoms with van der Waals surface area (Å²) in [6.07, 6.45) is 0.903. The Kier molecular flexibility index (Phi) is 4.77. The van der Waals surface area contributed by atoms with Crippen molar-refractivity contribution in [2.75, 3.05) is 25.6 Å². The largest absolute Gasteiger partial charge is 0.454 e. The number of carbonyl (C=O) groups excluding carboxylic acids is 1. The van der Waals surface area contributed by atoms with Gasteiger partial charge >= 0.3 is 0 Å². The average Bonchev–Trinajstić information content (AvgIpc) is 2.96. The maximum absolute atomic E-state index is 12.8. The monoisotopic (exact) mass is 375 g/mol. The molecule has 0 aliphatic carbocycles. The summed E-state index contributed by atoms with van der Waals surface area (Å²) in [6, 6.07) is 13.4. The highest BCUT2D eigenvalue weighted by Crippen LogP contribution is 2.40. The fourth-order valence-corrected chi connectivity index (χ4v) is 4.60. The molecule has 0 saturated carbocycles. The third-order valence-corrected chi connectivity index (χ3v) is 6.16. The van der Waals surface area contributed by atoms with Crippen molar-refractivity contribution in [1.29, 1.82) is 0 Å². The van der Waals surface area contributed by atoms with E-state index in [0.717, 1.165) is 36.8 Å². The summed E-state index contributed by atoms with van der Waals surface area (Å²) in [6.45, 7) is 1.74. The van der Waals surface area contributed by atoms with Gasteiger partial charge in [0.25, 0.3) is 5.91 Å². The third kappa shape index (κ3) is 3.44. The predicted molar refractivity (Wildman–Crippen MR) is 99.7 cm³/mol. The summed E-state index contributed by atoms with van der Waals surface area (Å²) in [5, 5.41) is 0.857. The maximum Gasteiger partial charge on any atom is 0.255 e. The number of nitrogens with zero attached hydrogens (tertiary/aromatic N) is 1. The number of thioether (sulfide) groups is 1. The van der Waals surface area contributed by atoms with E-state index in [0.29, 0.717) is 15.8 Å². The fourth-order valence-electron chi connectivity index (χ4n) is 3.16. The van der Waals surface area contributed by atoms with Gasteiger partial charge in [0.2, 0.25) is 6.79 Å². The van der Waals surface area contributed by atoms with Gasteiger partial charge in [-0.3, -0.25) is 4.79 Å². The van der Waals surface area contributed by atoms with E-state index in [1.807, 2.05) is 34.9 Å². The zero-order valence-corrected chi connectivity index (χ0v) is 15.2. The van der Waals surface area contributed by atoms with Crippen LogP contribution in [-0.2, 0) is 0 Å². The Morgan fingerprint density at radius 2 is 1.96 bits per heavy atom. The number of halogens is 1. The van der Waals surface area contributed by atoms with E-state index >= 15 is 0 Å². The van der Waals surface area contributed by atoms with Crippen LogP contribution in [0.25, 0.3) is 0 Å². The van der Waals surface area contributed by atoms with Crippen molar-refractivity contribution in [1.82, 2.24) is 4.90 Å². The van der Waals surface area contributed by atoms with Gasteiger partial charge in [0.15, 0.2) is 11.5 Å². The second-order valence-corrected chi connectivity index (χ2v) is 7.75. The smallest absolute Gasteiger partial charge is 0.255 e. The Morgan fingerprint density at radius 1 is 1.12 bits per heavy atom. The third-order valence-electron chi connectivity index (χ3n) is 4.50. The van der Waals surface area contributed by atoms with Gasteiger partial charge in [-0.2, -0.15) is 11.8 Å². The minimum absolute atomic E-state index is 0.0116. The van der Waals surface area contributed by atoms with Gasteiger partial charge < -0.3 is 14.4 Å². The SMILES string of the molecule is O=C(c1ccccc1Cl)N1CCSC(c2ccc3c(c2)OCO3)CC1. The fraction of sp³-hybridized carbons (Fsp3) is 0.316. The minimum atomic E-state index is 0.0116. The first-order valence-electron chi connectivity index (χ1n) is 8.27. The van der Waals surface area contributed by atoms with E-state index in [4.69, 9.17) is 21.1 Å². The molecule has 1 amide bonds. The Morgan fingerprint density at radius 3 is 2.84 bits per heavy atom. The molecule has 4 nitrogen and oxygen atoms in total. The summed E-state index contributed by atoms with van der Waals surface area (Å²) in [7, 11) is 0. The van der Waals surface area contributed by atoms with Gasteiger partial charge in [0.1, 0.15) is 0 Å². The molecule has 1 saturated heterocycles. The van der Waals surface area contributed by atoms with Gasteiger partial charge in [-0.05, 0) is 36.2 Å². The van der Waals surface area contributed by atoms with Gasteiger partial charge in [-0.1, -0.05) is 29.8 Å². The van der Waals surface area contributed by atoms with Crippen molar-refractivity contribution in [3.05, 3.63) is 58.6 Å². The summed E-state index contributed by atoms with van der Waals surface area (Å²) in [5.74, 6) is 2.52. The van der Waals surface area contributed by atoms with E-state index in [2.05, 4.69) is 12.1 Å². The van der Waals surface area contributed by atoms with E-state index in [1.54, 1.807) is 12.1 Å². The molecule has 2 aromatic rings. The molecular weight excluding hydrogens is 358 g/mol. The van der Waals surface area contributed by atoms with Crippen LogP contribution < -0.4 is 9.47 Å². The molecule has 25 heavy (non-hydrogen) atoms. The normalized spacial score (nSPS) is 19.6. The molecule has 0 N–H and O–H groups in total. The first-order valence-corrected chi connectivity index (χ1v) is 9.70. The topological polar surface area (TPSA) is 38.8 Å². The molecule has 2 aliphatic heterocycles. The van der Waals surface area contributed by atoms with Crippen LogP contribution in [0.3, 0.4) is 0 Å². The molecule has 1 fully saturated rings. The van der Waals surface area contributed by atoms with Crippen LogP contribution in [0.15, 0.2) is 42.5 Å². The molecule has 0 aromatic heterocycles. The molecule has 6 heteroatoms. The molecule has 0 bridgehead atoms. The van der Waals surface area contributed by atoms with Crippen molar-refractivity contribution in [3.63, 3.8) is 0 Å². The molecule has 2 heterocycles. The number of ether oxygens (including phenoxy) is 2. The van der Waals surface area contributed by atoms with Crippen molar-refractivity contribution < 1.29 is 14.3 Å². The van der Waals surface area contributed by atoms with Crippen molar-refractivity contribution in [2.45, 2.75) is 11.7 Å². The van der Waals surface area contributed by atoms with Crippen LogP contribution >= 0.6 is 23.4 Å². The van der Waals surface area contributed by atoms with E-state index in [-0.39, 0.29) is 12.7 Å². The number of carbonyl (C=O) groups is 1. The van der Waals surface area contributed by atoms with Crippen LogP contribution in [0.5, 0.6) is 11.5 Å². The molecule has 2 aliphatic rings. The Hall–Kier alpha value is -1.85. The lowest BCUT2D eigenvalue weighted by Crippen LogP contribution is -2.33. The zero-order chi connectivity index (χ0) is 17.2. The second kappa shape index (κ2) is 7.18. The minimum Gasteiger partial charge on any atom is -0.454 e. The van der Waals surface area contributed by atoms with Gasteiger partial charge in [-0.25, -0.2) is 0 Å². The quantitative estimate of drug-likeness (QED) is 0.780. The Bertz CT molecular complexity index is 798. The predicted octanol–water partition coefficient (Wildman–Crippen LogP) is 4.39. The summed E-state index contributed by atoms with van der Waals surface area (Å²) in [5.41, 5.74) is 1.80. The number of hydrogen-bond acceptors (Lipinski definition) is 4. The number of fused-ring (bicyclic) bond motifs is 1. The lowest BCUT2D eigenvalue weighted by atomic mass is 10.1. The average molecular weight is 376 g/mol. The highest BCUT2D eigenvalue weighted by Gasteiger charge is 2.25. The Labute approximate surface area is 156 Å². The van der Waals surface area contributed by atoms with Crippen LogP contribution in [0.1, 0.15) is 27.6 Å². The summed E-state index contributed by atoms with van der Waals surface area (Å²) < 4.78 is 10.9. The standard InChI is InChI=1S/C19H18ClNO3S/c20-15-4-2-1-3-14(15)19(22)21-8-7-18(25-10-9-21)13-5-6-16-17(11-13)24-12-23-16/h1-6,11,18H,7-10,12H2. The lowest BCUT2D eigenvalue weighted by molar-refractivity contribution is 0.0766. The Balaban J connectivity index is 1.47. The summed E-state index contributed by atoms with van der Waals surface area (Å²) >= 11 is 8.06. The van der Waals surface area contributed by atoms with E-state index < -0.39 is 0 Å². The zero-order valence-electron chi connectivity index (χ0n) is 13.6. The first-order chi connectivity index (χ1) is 12.2. The van der Waals surface area contributed by atoms with Crippen LogP contribution in [0.4, 0.5) is 0 Å². The van der Waals surface area contributed by atoms with Crippen LogP contribution in [-0.4, -0.2) is 36.4 Å². The van der Waals surface area contributed by atoms with Crippen molar-refractivity contribution >= 4 is 29.3 Å². The number of amides is 1. The summed E-state index contributed by atoms with van der Waals surface area (Å²) in [4.78, 5) is 14.7. The molecule has 1 unspecified atom stereocenters. The number of rotatable bonds is 2. The number of benzene rings is 2. The number of hydrogen-bond donors (Lipinski definition) is 0. The second-order valence-electron chi connectivity index (χ2n) is 6.03. The van der Waals surface area contributed by atoms with Crippen LogP contribution in [0.2, 0.25) is 5.02 Å². The maximum atomic E-state index is 12.8. The van der Waals surface area contributed by atoms with Crippen LogP contribution in [0, 0.1) is 0 Å². The molecular formula is C19H18ClNO3S. The highest BCUT2D eigenvalue weighted by molar-refractivity contribution is 7.99. The molecule has 2 aromatic carbocycles. The highest BCUT2D eigenvalue weighted by atomic mass is 35.5.